The van der Waals surface area contributed by atoms with Gasteiger partial charge in [0.1, 0.15) is 18.1 Å². The summed E-state index contributed by atoms with van der Waals surface area (Å²) in [5.74, 6) is -5.03. The summed E-state index contributed by atoms with van der Waals surface area (Å²) >= 11 is 0. The molecule has 28 heavy (non-hydrogen) atoms. The van der Waals surface area contributed by atoms with Crippen LogP contribution in [0, 0.1) is 0 Å². The van der Waals surface area contributed by atoms with Crippen LogP contribution in [0.25, 0.3) is 0 Å². The van der Waals surface area contributed by atoms with Crippen LogP contribution in [0.1, 0.15) is 19.3 Å². The first-order chi connectivity index (χ1) is 13.2. The number of aliphatic hydroxyl groups excluding tert-OH is 2. The minimum atomic E-state index is -1.65. The van der Waals surface area contributed by atoms with Gasteiger partial charge in [-0.05, 0) is 19.4 Å². The van der Waals surface area contributed by atoms with Gasteiger partial charge in [0.2, 0.25) is 23.6 Å². The number of carbonyl (C=O) groups is 5. The smallest absolute Gasteiger partial charge is 0.328 e. The molecule has 13 heteroatoms. The monoisotopic (exact) mass is 403 g/mol. The van der Waals surface area contributed by atoms with Gasteiger partial charge in [0.15, 0.2) is 0 Å². The van der Waals surface area contributed by atoms with Crippen molar-refractivity contribution in [2.24, 2.45) is 5.73 Å². The molecule has 9 N–H and O–H groups in total. The number of nitrogens with two attached hydrogens (primary N) is 1. The molecule has 13 nitrogen and oxygen atoms in total. The van der Waals surface area contributed by atoms with E-state index < -0.39 is 73.4 Å². The molecule has 1 aliphatic heterocycles. The zero-order valence-corrected chi connectivity index (χ0v) is 15.0. The molecule has 4 atom stereocenters. The minimum absolute atomic E-state index is 0.506. The molecular weight excluding hydrogens is 378 g/mol. The fourth-order valence-corrected chi connectivity index (χ4v) is 2.52. The molecule has 0 aromatic rings. The average Bonchev–Trinajstić information content (AvgIpc) is 3.17. The Bertz CT molecular complexity index is 607. The molecule has 158 valence electrons. The normalized spacial score (nSPS) is 19.1. The third-order valence-electron chi connectivity index (χ3n) is 4.03. The number of nitrogens with one attached hydrogen (secondary N) is 4. The number of aliphatic hydroxyl groups is 2. The van der Waals surface area contributed by atoms with Gasteiger partial charge in [-0.2, -0.15) is 0 Å². The van der Waals surface area contributed by atoms with E-state index in [1.807, 2.05) is 5.32 Å². The topological polar surface area (TPSA) is 220 Å². The number of carbonyl (C=O) groups excluding carboxylic acids is 4. The van der Waals surface area contributed by atoms with Crippen LogP contribution in [-0.2, 0) is 24.0 Å². The molecule has 0 saturated carbocycles. The third kappa shape index (κ3) is 7.09. The largest absolute Gasteiger partial charge is 0.480 e. The summed E-state index contributed by atoms with van der Waals surface area (Å²) in [6, 6.07) is -5.12. The van der Waals surface area contributed by atoms with Gasteiger partial charge in [-0.25, -0.2) is 4.79 Å². The Morgan fingerprint density at radius 2 is 1.54 bits per heavy atom. The second kappa shape index (κ2) is 11.2. The van der Waals surface area contributed by atoms with Gasteiger partial charge in [0, 0.05) is 0 Å². The summed E-state index contributed by atoms with van der Waals surface area (Å²) in [5.41, 5.74) is 5.04. The van der Waals surface area contributed by atoms with Crippen LogP contribution < -0.4 is 27.0 Å². The second-order valence-electron chi connectivity index (χ2n) is 6.21. The molecule has 4 amide bonds. The van der Waals surface area contributed by atoms with E-state index in [2.05, 4.69) is 16.0 Å². The Morgan fingerprint density at radius 1 is 0.964 bits per heavy atom. The Labute approximate surface area is 160 Å². The number of primary amides is 1. The van der Waals surface area contributed by atoms with E-state index in [0.717, 1.165) is 6.42 Å². The van der Waals surface area contributed by atoms with E-state index in [-0.39, 0.29) is 0 Å². The predicted octanol–water partition coefficient (Wildman–Crippen LogP) is -4.86. The number of hydrogen-bond donors (Lipinski definition) is 8. The van der Waals surface area contributed by atoms with Crippen LogP contribution in [0.3, 0.4) is 0 Å². The van der Waals surface area contributed by atoms with Gasteiger partial charge in [0.05, 0.1) is 25.7 Å². The molecule has 1 heterocycles. The maximum absolute atomic E-state index is 12.3. The van der Waals surface area contributed by atoms with E-state index in [4.69, 9.17) is 15.9 Å². The maximum atomic E-state index is 12.3. The molecule has 0 aliphatic carbocycles. The summed E-state index contributed by atoms with van der Waals surface area (Å²) in [5, 5.41) is 36.5. The van der Waals surface area contributed by atoms with Crippen LogP contribution in [0.4, 0.5) is 0 Å². The predicted molar refractivity (Wildman–Crippen MR) is 92.4 cm³/mol. The van der Waals surface area contributed by atoms with Crippen LogP contribution >= 0.6 is 0 Å². The van der Waals surface area contributed by atoms with Crippen molar-refractivity contribution in [3.05, 3.63) is 0 Å². The van der Waals surface area contributed by atoms with Crippen LogP contribution in [0.15, 0.2) is 0 Å². The molecule has 0 radical (unpaired) electrons. The highest BCUT2D eigenvalue weighted by Gasteiger charge is 2.31. The van der Waals surface area contributed by atoms with Gasteiger partial charge in [-0.1, -0.05) is 0 Å². The van der Waals surface area contributed by atoms with Crippen LogP contribution in [0.5, 0.6) is 0 Å². The Kier molecular flexibility index (Phi) is 9.27. The van der Waals surface area contributed by atoms with Crippen molar-refractivity contribution in [3.8, 4) is 0 Å². The molecule has 0 aromatic carbocycles. The summed E-state index contributed by atoms with van der Waals surface area (Å²) in [6.07, 6.45) is 0.687. The number of hydrogen-bond acceptors (Lipinski definition) is 8. The lowest BCUT2D eigenvalue weighted by atomic mass is 10.1. The molecule has 1 aliphatic rings. The van der Waals surface area contributed by atoms with Gasteiger partial charge in [-0.15, -0.1) is 0 Å². The lowest BCUT2D eigenvalue weighted by Crippen LogP contribution is -2.58. The van der Waals surface area contributed by atoms with Crippen molar-refractivity contribution < 1.29 is 39.3 Å². The maximum Gasteiger partial charge on any atom is 0.328 e. The van der Waals surface area contributed by atoms with E-state index >= 15 is 0 Å². The molecule has 0 aromatic heterocycles. The van der Waals surface area contributed by atoms with Gasteiger partial charge in [0.25, 0.3) is 0 Å². The number of carboxylic acids is 1. The number of rotatable bonds is 11. The average molecular weight is 403 g/mol. The van der Waals surface area contributed by atoms with Crippen LogP contribution in [0.2, 0.25) is 0 Å². The van der Waals surface area contributed by atoms with Gasteiger partial charge < -0.3 is 42.3 Å². The van der Waals surface area contributed by atoms with Crippen molar-refractivity contribution >= 4 is 29.6 Å². The zero-order valence-electron chi connectivity index (χ0n) is 15.0. The van der Waals surface area contributed by atoms with Crippen molar-refractivity contribution in [1.82, 2.24) is 21.3 Å². The van der Waals surface area contributed by atoms with Crippen molar-refractivity contribution in [1.29, 1.82) is 0 Å². The summed E-state index contributed by atoms with van der Waals surface area (Å²) < 4.78 is 0. The molecular formula is C15H25N5O8. The molecule has 4 unspecified atom stereocenters. The first kappa shape index (κ1) is 23.3. The summed E-state index contributed by atoms with van der Waals surface area (Å²) in [6.45, 7) is -1.05. The Balaban J connectivity index is 2.77. The molecule has 0 spiro atoms. The lowest BCUT2D eigenvalue weighted by molar-refractivity contribution is -0.143. The van der Waals surface area contributed by atoms with Crippen LogP contribution in [-0.4, -0.2) is 88.8 Å². The van der Waals surface area contributed by atoms with E-state index in [1.165, 1.54) is 0 Å². The van der Waals surface area contributed by atoms with Crippen molar-refractivity contribution in [2.45, 2.75) is 43.4 Å². The lowest BCUT2D eigenvalue weighted by Gasteiger charge is -2.23. The number of aliphatic carboxylic acids is 1. The van der Waals surface area contributed by atoms with E-state index in [9.17, 15) is 29.1 Å². The fourth-order valence-electron chi connectivity index (χ4n) is 2.52. The molecule has 1 fully saturated rings. The quantitative estimate of drug-likeness (QED) is 0.165. The molecule has 1 saturated heterocycles. The number of carboxylic acid groups (broad SMARTS) is 1. The van der Waals surface area contributed by atoms with Crippen molar-refractivity contribution in [2.75, 3.05) is 19.8 Å². The molecule has 1 rings (SSSR count). The van der Waals surface area contributed by atoms with E-state index in [0.29, 0.717) is 13.0 Å². The Hall–Kier alpha value is -2.77. The highest BCUT2D eigenvalue weighted by molar-refractivity contribution is 5.96. The highest BCUT2D eigenvalue weighted by Crippen LogP contribution is 2.05. The summed E-state index contributed by atoms with van der Waals surface area (Å²) in [7, 11) is 0. The SMILES string of the molecule is NC(=O)CC(NC(=O)C(CO)NC(=O)C1CCCN1)C(=O)NC(CO)C(=O)O. The Morgan fingerprint density at radius 3 is 2.00 bits per heavy atom. The second-order valence-corrected chi connectivity index (χ2v) is 6.21. The fraction of sp³-hybridized carbons (Fsp3) is 0.667. The van der Waals surface area contributed by atoms with Gasteiger partial charge >= 0.3 is 5.97 Å². The standard InChI is InChI=1S/C15H25N5O8/c16-11(23)4-8(13(25)20-10(6-22)15(27)28)18-14(26)9(5-21)19-12(24)7-2-1-3-17-7/h7-10,17,21-22H,1-6H2,(H2,16,23)(H,18,26)(H,19,24)(H,20,25)(H,27,28). The highest BCUT2D eigenvalue weighted by atomic mass is 16.4. The zero-order chi connectivity index (χ0) is 21.3. The first-order valence-corrected chi connectivity index (χ1v) is 8.56. The van der Waals surface area contributed by atoms with Gasteiger partial charge in [-0.3, -0.25) is 19.2 Å². The summed E-state index contributed by atoms with van der Waals surface area (Å²) in [4.78, 5) is 58.6. The first-order valence-electron chi connectivity index (χ1n) is 8.56. The molecule has 0 bridgehead atoms. The van der Waals surface area contributed by atoms with E-state index in [1.54, 1.807) is 0 Å². The van der Waals surface area contributed by atoms with Crippen molar-refractivity contribution in [3.63, 3.8) is 0 Å². The number of amides is 4. The minimum Gasteiger partial charge on any atom is -0.480 e. The third-order valence-corrected chi connectivity index (χ3v) is 4.03.